The second-order valence-corrected chi connectivity index (χ2v) is 5.23. The molecule has 0 radical (unpaired) electrons. The Bertz CT molecular complexity index is 413. The summed E-state index contributed by atoms with van der Waals surface area (Å²) in [7, 11) is 1.64. The fraction of sp³-hybridized carbons (Fsp3) is 0.462. The van der Waals surface area contributed by atoms with E-state index >= 15 is 0 Å². The van der Waals surface area contributed by atoms with Crippen molar-refractivity contribution in [1.29, 1.82) is 0 Å². The van der Waals surface area contributed by atoms with Crippen LogP contribution in [0.3, 0.4) is 0 Å². The number of carbonyl (C=O) groups excluding carboxylic acids is 1. The minimum absolute atomic E-state index is 0.513. The maximum Gasteiger partial charge on any atom is 0.150 e. The van der Waals surface area contributed by atoms with E-state index < -0.39 is 0 Å². The normalized spacial score (nSPS) is 14.7. The molecule has 1 aromatic carbocycles. The molecule has 3 nitrogen and oxygen atoms in total. The maximum atomic E-state index is 10.9. The average Bonchev–Trinajstić information content (AvgIpc) is 3.15. The van der Waals surface area contributed by atoms with Crippen LogP contribution in [0.4, 0.5) is 0 Å². The third-order valence-corrected chi connectivity index (χ3v) is 3.94. The molecule has 0 amide bonds. The Hall–Kier alpha value is -0.620. The number of rotatable bonds is 6. The molecule has 1 aromatic rings. The zero-order chi connectivity index (χ0) is 12.3. The molecule has 0 bridgehead atoms. The van der Waals surface area contributed by atoms with Gasteiger partial charge in [0, 0.05) is 12.7 Å². The van der Waals surface area contributed by atoms with Crippen molar-refractivity contribution in [3.63, 3.8) is 0 Å². The molecule has 0 spiro atoms. The number of hydrogen-bond acceptors (Lipinski definition) is 3. The number of benzene rings is 1. The summed E-state index contributed by atoms with van der Waals surface area (Å²) >= 11 is 2.30. The summed E-state index contributed by atoms with van der Waals surface area (Å²) in [5.74, 6) is 1.42. The van der Waals surface area contributed by atoms with E-state index in [2.05, 4.69) is 22.6 Å². The van der Waals surface area contributed by atoms with Crippen molar-refractivity contribution in [3.8, 4) is 5.75 Å². The van der Waals surface area contributed by atoms with Gasteiger partial charge in [0.2, 0.25) is 0 Å². The first-order valence-corrected chi connectivity index (χ1v) is 6.74. The predicted molar refractivity (Wildman–Crippen MR) is 73.9 cm³/mol. The van der Waals surface area contributed by atoms with Crippen LogP contribution in [-0.4, -0.2) is 26.6 Å². The fourth-order valence-electron chi connectivity index (χ4n) is 1.74. The molecule has 1 aliphatic carbocycles. The second kappa shape index (κ2) is 5.82. The van der Waals surface area contributed by atoms with E-state index in [9.17, 15) is 4.79 Å². The monoisotopic (exact) mass is 346 g/mol. The lowest BCUT2D eigenvalue weighted by Crippen LogP contribution is -2.06. The third-order valence-electron chi connectivity index (χ3n) is 2.79. The summed E-state index contributed by atoms with van der Waals surface area (Å²) in [6.45, 7) is 1.07. The SMILES string of the molecule is COCCOc1cc(C=O)cc(C2CC2)c1I. The third kappa shape index (κ3) is 3.19. The molecule has 4 heteroatoms. The van der Waals surface area contributed by atoms with Crippen molar-refractivity contribution in [2.75, 3.05) is 20.3 Å². The first-order chi connectivity index (χ1) is 8.26. The molecule has 0 N–H and O–H groups in total. The summed E-state index contributed by atoms with van der Waals surface area (Å²) in [6.07, 6.45) is 3.32. The van der Waals surface area contributed by atoms with Gasteiger partial charge in [0.05, 0.1) is 10.2 Å². The fourth-order valence-corrected chi connectivity index (χ4v) is 2.65. The van der Waals surface area contributed by atoms with Gasteiger partial charge in [-0.1, -0.05) is 0 Å². The van der Waals surface area contributed by atoms with Crippen LogP contribution >= 0.6 is 22.6 Å². The topological polar surface area (TPSA) is 35.5 Å². The van der Waals surface area contributed by atoms with Crippen LogP contribution in [-0.2, 0) is 4.74 Å². The van der Waals surface area contributed by atoms with Crippen LogP contribution in [0.15, 0.2) is 12.1 Å². The van der Waals surface area contributed by atoms with E-state index in [4.69, 9.17) is 9.47 Å². The summed E-state index contributed by atoms with van der Waals surface area (Å²) in [5, 5.41) is 0. The van der Waals surface area contributed by atoms with E-state index in [1.165, 1.54) is 18.4 Å². The highest BCUT2D eigenvalue weighted by Gasteiger charge is 2.27. The van der Waals surface area contributed by atoms with Crippen molar-refractivity contribution in [1.82, 2.24) is 0 Å². The number of halogens is 1. The van der Waals surface area contributed by atoms with Crippen molar-refractivity contribution in [2.24, 2.45) is 0 Å². The van der Waals surface area contributed by atoms with Gasteiger partial charge in [-0.05, 0) is 59.0 Å². The van der Waals surface area contributed by atoms with Crippen LogP contribution < -0.4 is 4.74 Å². The summed E-state index contributed by atoms with van der Waals surface area (Å²) in [4.78, 5) is 10.9. The molecule has 0 saturated heterocycles. The highest BCUT2D eigenvalue weighted by Crippen LogP contribution is 2.44. The Morgan fingerprint density at radius 1 is 1.41 bits per heavy atom. The molecule has 0 aliphatic heterocycles. The largest absolute Gasteiger partial charge is 0.490 e. The van der Waals surface area contributed by atoms with Gasteiger partial charge in [-0.2, -0.15) is 0 Å². The van der Waals surface area contributed by atoms with E-state index in [-0.39, 0.29) is 0 Å². The summed E-state index contributed by atoms with van der Waals surface area (Å²) < 4.78 is 11.7. The highest BCUT2D eigenvalue weighted by molar-refractivity contribution is 14.1. The molecule has 17 heavy (non-hydrogen) atoms. The van der Waals surface area contributed by atoms with Gasteiger partial charge in [0.1, 0.15) is 18.6 Å². The van der Waals surface area contributed by atoms with Gasteiger partial charge >= 0.3 is 0 Å². The molecule has 0 unspecified atom stereocenters. The molecule has 0 atom stereocenters. The lowest BCUT2D eigenvalue weighted by atomic mass is 10.1. The van der Waals surface area contributed by atoms with Crippen LogP contribution in [0.5, 0.6) is 5.75 Å². The number of aldehydes is 1. The minimum Gasteiger partial charge on any atom is -0.490 e. The molecule has 1 aliphatic rings. The quantitative estimate of drug-likeness (QED) is 0.451. The van der Waals surface area contributed by atoms with E-state index in [0.29, 0.717) is 24.7 Å². The number of hydrogen-bond donors (Lipinski definition) is 0. The number of methoxy groups -OCH3 is 1. The standard InChI is InChI=1S/C13H15IO3/c1-16-4-5-17-12-7-9(8-15)6-11(13(12)14)10-2-3-10/h6-8,10H,2-5H2,1H3. The lowest BCUT2D eigenvalue weighted by Gasteiger charge is -2.12. The predicted octanol–water partition coefficient (Wildman–Crippen LogP) is 3.01. The maximum absolute atomic E-state index is 10.9. The Morgan fingerprint density at radius 3 is 2.76 bits per heavy atom. The lowest BCUT2D eigenvalue weighted by molar-refractivity contribution is 0.112. The van der Waals surface area contributed by atoms with Gasteiger partial charge in [-0.3, -0.25) is 4.79 Å². The molecule has 0 aromatic heterocycles. The molecule has 0 heterocycles. The van der Waals surface area contributed by atoms with E-state index in [0.717, 1.165) is 15.6 Å². The van der Waals surface area contributed by atoms with E-state index in [1.54, 1.807) is 13.2 Å². The molecule has 1 saturated carbocycles. The van der Waals surface area contributed by atoms with Gasteiger partial charge < -0.3 is 9.47 Å². The number of ether oxygens (including phenoxy) is 2. The highest BCUT2D eigenvalue weighted by atomic mass is 127. The van der Waals surface area contributed by atoms with Gasteiger partial charge in [0.15, 0.2) is 0 Å². The Kier molecular flexibility index (Phi) is 4.39. The molecule has 2 rings (SSSR count). The minimum atomic E-state index is 0.513. The smallest absolute Gasteiger partial charge is 0.150 e. The zero-order valence-electron chi connectivity index (χ0n) is 9.74. The summed E-state index contributed by atoms with van der Waals surface area (Å²) in [6, 6.07) is 3.78. The molecular formula is C13H15IO3. The van der Waals surface area contributed by atoms with E-state index in [1.807, 2.05) is 6.07 Å². The van der Waals surface area contributed by atoms with Crippen LogP contribution in [0.25, 0.3) is 0 Å². The van der Waals surface area contributed by atoms with Gasteiger partial charge in [-0.25, -0.2) is 0 Å². The van der Waals surface area contributed by atoms with Crippen LogP contribution in [0, 0.1) is 3.57 Å². The number of carbonyl (C=O) groups is 1. The van der Waals surface area contributed by atoms with Crippen LogP contribution in [0.1, 0.15) is 34.7 Å². The molecule has 92 valence electrons. The van der Waals surface area contributed by atoms with Gasteiger partial charge in [0.25, 0.3) is 0 Å². The first-order valence-electron chi connectivity index (χ1n) is 5.66. The Labute approximate surface area is 115 Å². The Morgan fingerprint density at radius 2 is 2.18 bits per heavy atom. The first kappa shape index (κ1) is 12.8. The zero-order valence-corrected chi connectivity index (χ0v) is 11.9. The van der Waals surface area contributed by atoms with Crippen LogP contribution in [0.2, 0.25) is 0 Å². The van der Waals surface area contributed by atoms with Crippen molar-refractivity contribution in [3.05, 3.63) is 26.8 Å². The van der Waals surface area contributed by atoms with Crippen molar-refractivity contribution in [2.45, 2.75) is 18.8 Å². The van der Waals surface area contributed by atoms with Gasteiger partial charge in [-0.15, -0.1) is 0 Å². The molecular weight excluding hydrogens is 331 g/mol. The van der Waals surface area contributed by atoms with Crippen molar-refractivity contribution >= 4 is 28.9 Å². The Balaban J connectivity index is 2.22. The molecule has 1 fully saturated rings. The van der Waals surface area contributed by atoms with Crippen molar-refractivity contribution < 1.29 is 14.3 Å². The summed E-state index contributed by atoms with van der Waals surface area (Å²) in [5.41, 5.74) is 1.95. The average molecular weight is 346 g/mol. The second-order valence-electron chi connectivity index (χ2n) is 4.16.